The molecule has 1 aromatic carbocycles. The Morgan fingerprint density at radius 2 is 2.05 bits per heavy atom. The molecule has 0 saturated carbocycles. The van der Waals surface area contributed by atoms with Crippen LogP contribution in [0.4, 0.5) is 8.78 Å². The first-order valence-electron chi connectivity index (χ1n) is 6.01. The first-order valence-corrected chi connectivity index (χ1v) is 6.81. The average Bonchev–Trinajstić information content (AvgIpc) is 2.77. The molecule has 0 aliphatic rings. The van der Waals surface area contributed by atoms with Gasteiger partial charge in [-0.3, -0.25) is 4.90 Å². The Kier molecular flexibility index (Phi) is 4.91. The first-order chi connectivity index (χ1) is 9.45. The third-order valence-corrected chi connectivity index (χ3v) is 3.28. The lowest BCUT2D eigenvalue weighted by Gasteiger charge is -2.20. The second kappa shape index (κ2) is 6.47. The topological polar surface area (TPSA) is 36.6 Å². The molecule has 0 saturated heterocycles. The zero-order valence-corrected chi connectivity index (χ0v) is 12.4. The van der Waals surface area contributed by atoms with Crippen molar-refractivity contribution >= 4 is 15.9 Å². The van der Waals surface area contributed by atoms with Gasteiger partial charge in [0.05, 0.1) is 12.6 Å². The molecule has 3 nitrogen and oxygen atoms in total. The molecule has 1 atom stereocenters. The summed E-state index contributed by atoms with van der Waals surface area (Å²) >= 11 is 3.20. The predicted octanol–water partition coefficient (Wildman–Crippen LogP) is 3.49. The molecule has 1 N–H and O–H groups in total. The van der Waals surface area contributed by atoms with Gasteiger partial charge >= 0.3 is 0 Å². The summed E-state index contributed by atoms with van der Waals surface area (Å²) in [4.78, 5) is 1.76. The van der Waals surface area contributed by atoms with E-state index in [0.29, 0.717) is 17.0 Å². The number of nitrogens with zero attached hydrogens (tertiary/aromatic N) is 1. The van der Waals surface area contributed by atoms with Gasteiger partial charge in [0.1, 0.15) is 17.4 Å². The van der Waals surface area contributed by atoms with Gasteiger partial charge in [0.15, 0.2) is 4.67 Å². The van der Waals surface area contributed by atoms with Crippen LogP contribution in [0.15, 0.2) is 39.4 Å². The fourth-order valence-electron chi connectivity index (χ4n) is 1.93. The van der Waals surface area contributed by atoms with Gasteiger partial charge in [0.25, 0.3) is 0 Å². The lowest BCUT2D eigenvalue weighted by Crippen LogP contribution is -2.24. The number of aliphatic hydroxyl groups is 1. The van der Waals surface area contributed by atoms with Crippen LogP contribution < -0.4 is 0 Å². The highest BCUT2D eigenvalue weighted by molar-refractivity contribution is 9.10. The molecule has 108 valence electrons. The van der Waals surface area contributed by atoms with Crippen molar-refractivity contribution in [2.75, 3.05) is 13.6 Å². The Bertz CT molecular complexity index is 588. The highest BCUT2D eigenvalue weighted by atomic mass is 79.9. The number of hydrogen-bond donors (Lipinski definition) is 1. The Labute approximate surface area is 123 Å². The average molecular weight is 346 g/mol. The summed E-state index contributed by atoms with van der Waals surface area (Å²) in [6, 6.07) is 6.62. The van der Waals surface area contributed by atoms with Crippen molar-refractivity contribution in [2.45, 2.75) is 12.6 Å². The minimum atomic E-state index is -1.10. The van der Waals surface area contributed by atoms with Gasteiger partial charge in [0, 0.05) is 12.1 Å². The predicted molar refractivity (Wildman–Crippen MR) is 74.1 cm³/mol. The van der Waals surface area contributed by atoms with Crippen molar-refractivity contribution in [2.24, 2.45) is 0 Å². The van der Waals surface area contributed by atoms with Crippen LogP contribution in [0.1, 0.15) is 17.4 Å². The van der Waals surface area contributed by atoms with Gasteiger partial charge in [-0.1, -0.05) is 0 Å². The van der Waals surface area contributed by atoms with Gasteiger partial charge in [-0.25, -0.2) is 8.78 Å². The zero-order valence-electron chi connectivity index (χ0n) is 10.8. The largest absolute Gasteiger partial charge is 0.453 e. The molecule has 2 aromatic rings. The molecule has 1 heterocycles. The summed E-state index contributed by atoms with van der Waals surface area (Å²) in [6.07, 6.45) is -1.10. The van der Waals surface area contributed by atoms with E-state index in [9.17, 15) is 13.9 Å². The Hall–Kier alpha value is -1.24. The second-order valence-corrected chi connectivity index (χ2v) is 5.37. The number of rotatable bonds is 5. The molecule has 0 bridgehead atoms. The quantitative estimate of drug-likeness (QED) is 0.901. The Balaban J connectivity index is 1.99. The van der Waals surface area contributed by atoms with E-state index in [1.165, 1.54) is 0 Å². The van der Waals surface area contributed by atoms with E-state index in [0.717, 1.165) is 18.2 Å². The van der Waals surface area contributed by atoms with Crippen molar-refractivity contribution in [1.82, 2.24) is 4.90 Å². The Morgan fingerprint density at radius 1 is 1.30 bits per heavy atom. The molecule has 1 aromatic heterocycles. The minimum absolute atomic E-state index is 0.0440. The highest BCUT2D eigenvalue weighted by Crippen LogP contribution is 2.20. The third-order valence-electron chi connectivity index (χ3n) is 2.86. The molecule has 2 rings (SSSR count). The summed E-state index contributed by atoms with van der Waals surface area (Å²) in [7, 11) is 1.76. The highest BCUT2D eigenvalue weighted by Gasteiger charge is 2.16. The molecule has 0 fully saturated rings. The number of hydrogen-bond acceptors (Lipinski definition) is 3. The summed E-state index contributed by atoms with van der Waals surface area (Å²) in [5, 5.41) is 9.99. The maximum absolute atomic E-state index is 13.5. The van der Waals surface area contributed by atoms with Crippen molar-refractivity contribution in [1.29, 1.82) is 0 Å². The summed E-state index contributed by atoms with van der Waals surface area (Å²) in [5.74, 6) is -0.475. The molecule has 0 radical (unpaired) electrons. The van der Waals surface area contributed by atoms with E-state index in [1.807, 2.05) is 0 Å². The van der Waals surface area contributed by atoms with Crippen molar-refractivity contribution < 1.29 is 18.3 Å². The number of halogens is 3. The maximum atomic E-state index is 13.5. The smallest absolute Gasteiger partial charge is 0.169 e. The van der Waals surface area contributed by atoms with E-state index in [4.69, 9.17) is 4.42 Å². The van der Waals surface area contributed by atoms with Crippen LogP contribution in [0.3, 0.4) is 0 Å². The monoisotopic (exact) mass is 345 g/mol. The van der Waals surface area contributed by atoms with Crippen molar-refractivity contribution in [3.8, 4) is 0 Å². The minimum Gasteiger partial charge on any atom is -0.453 e. The fourth-order valence-corrected chi connectivity index (χ4v) is 2.27. The zero-order chi connectivity index (χ0) is 14.7. The molecule has 0 aliphatic heterocycles. The van der Waals surface area contributed by atoms with E-state index < -0.39 is 17.7 Å². The lowest BCUT2D eigenvalue weighted by molar-refractivity contribution is 0.116. The number of furan rings is 1. The Morgan fingerprint density at radius 3 is 2.70 bits per heavy atom. The fraction of sp³-hybridized carbons (Fsp3) is 0.286. The van der Waals surface area contributed by atoms with Crippen LogP contribution in [0.25, 0.3) is 0 Å². The molecule has 6 heteroatoms. The second-order valence-electron chi connectivity index (χ2n) is 4.58. The van der Waals surface area contributed by atoms with Crippen LogP contribution in [-0.4, -0.2) is 23.6 Å². The van der Waals surface area contributed by atoms with E-state index in [2.05, 4.69) is 15.9 Å². The van der Waals surface area contributed by atoms with Gasteiger partial charge in [-0.15, -0.1) is 0 Å². The van der Waals surface area contributed by atoms with Crippen molar-refractivity contribution in [3.05, 3.63) is 58.0 Å². The number of likely N-dealkylation sites (N-methyl/N-ethyl adjacent to an activating group) is 1. The van der Waals surface area contributed by atoms with Gasteiger partial charge in [0.2, 0.25) is 0 Å². The van der Waals surface area contributed by atoms with Crippen LogP contribution in [-0.2, 0) is 6.54 Å². The molecule has 0 amide bonds. The standard InChI is InChI=1S/C14H14BrF2NO2/c1-18(7-10-3-5-14(15)20-10)8-13(19)11-6-9(16)2-4-12(11)17/h2-6,13,19H,7-8H2,1H3. The molecule has 1 unspecified atom stereocenters. The van der Waals surface area contributed by atoms with Crippen LogP contribution in [0, 0.1) is 11.6 Å². The van der Waals surface area contributed by atoms with Gasteiger partial charge in [-0.05, 0) is 53.3 Å². The normalized spacial score (nSPS) is 12.9. The molecule has 0 aliphatic carbocycles. The summed E-state index contributed by atoms with van der Waals surface area (Å²) in [6.45, 7) is 0.623. The molecular weight excluding hydrogens is 332 g/mol. The van der Waals surface area contributed by atoms with Crippen LogP contribution in [0.5, 0.6) is 0 Å². The molecular formula is C14H14BrF2NO2. The summed E-state index contributed by atoms with van der Waals surface area (Å²) in [5.41, 5.74) is -0.0440. The van der Waals surface area contributed by atoms with Gasteiger partial charge < -0.3 is 9.52 Å². The molecule has 0 spiro atoms. The number of benzene rings is 1. The van der Waals surface area contributed by atoms with Crippen LogP contribution >= 0.6 is 15.9 Å². The van der Waals surface area contributed by atoms with Crippen molar-refractivity contribution in [3.63, 3.8) is 0 Å². The van der Waals surface area contributed by atoms with Gasteiger partial charge in [-0.2, -0.15) is 0 Å². The maximum Gasteiger partial charge on any atom is 0.169 e. The van der Waals surface area contributed by atoms with E-state index in [-0.39, 0.29) is 12.1 Å². The number of aliphatic hydroxyl groups excluding tert-OH is 1. The van der Waals surface area contributed by atoms with E-state index >= 15 is 0 Å². The van der Waals surface area contributed by atoms with Crippen LogP contribution in [0.2, 0.25) is 0 Å². The summed E-state index contributed by atoms with van der Waals surface area (Å²) < 4.78 is 32.6. The SMILES string of the molecule is CN(Cc1ccc(Br)o1)CC(O)c1cc(F)ccc1F. The third kappa shape index (κ3) is 3.88. The molecule has 20 heavy (non-hydrogen) atoms. The lowest BCUT2D eigenvalue weighted by atomic mass is 10.1. The first kappa shape index (κ1) is 15.2. The van der Waals surface area contributed by atoms with E-state index in [1.54, 1.807) is 24.1 Å².